The zero-order chi connectivity index (χ0) is 26.9. The van der Waals surface area contributed by atoms with Gasteiger partial charge in [-0.2, -0.15) is 0 Å². The first-order valence-corrected chi connectivity index (χ1v) is 11.6. The van der Waals surface area contributed by atoms with E-state index in [4.69, 9.17) is 16.3 Å². The van der Waals surface area contributed by atoms with Crippen LogP contribution in [0.25, 0.3) is 16.6 Å². The van der Waals surface area contributed by atoms with Crippen LogP contribution in [-0.2, 0) is 4.79 Å². The Bertz CT molecular complexity index is 1480. The third-order valence-electron chi connectivity index (χ3n) is 5.74. The highest BCUT2D eigenvalue weighted by Gasteiger charge is 2.32. The summed E-state index contributed by atoms with van der Waals surface area (Å²) in [4.78, 5) is 24.9. The Balaban J connectivity index is 1.91. The topological polar surface area (TPSA) is 77.8 Å². The van der Waals surface area contributed by atoms with Crippen LogP contribution in [0.4, 0.5) is 13.2 Å². The summed E-state index contributed by atoms with van der Waals surface area (Å²) in [5, 5.41) is 10.2. The lowest BCUT2D eigenvalue weighted by Gasteiger charge is -2.15. The van der Waals surface area contributed by atoms with Crippen molar-refractivity contribution < 1.29 is 37.3 Å². The van der Waals surface area contributed by atoms with Crippen molar-refractivity contribution in [1.82, 2.24) is 4.57 Å². The number of benzene rings is 3. The van der Waals surface area contributed by atoms with E-state index in [9.17, 15) is 27.9 Å². The molecule has 0 aliphatic heterocycles. The van der Waals surface area contributed by atoms with Gasteiger partial charge in [0.25, 0.3) is 0 Å². The van der Waals surface area contributed by atoms with Gasteiger partial charge in [-0.1, -0.05) is 24.6 Å². The molecule has 192 valence electrons. The molecule has 0 spiro atoms. The van der Waals surface area contributed by atoms with Gasteiger partial charge in [0, 0.05) is 39.5 Å². The largest absolute Gasteiger partial charge is 0.573 e. The maximum absolute atomic E-state index is 13.5. The molecule has 1 atom stereocenters. The first kappa shape index (κ1) is 26.1. The van der Waals surface area contributed by atoms with Gasteiger partial charge in [0.15, 0.2) is 11.9 Å². The summed E-state index contributed by atoms with van der Waals surface area (Å²) in [6.07, 6.45) is -5.75. The number of aliphatic carboxylic acids is 1. The number of ether oxygens (including phenoxy) is 2. The van der Waals surface area contributed by atoms with Gasteiger partial charge in [0.2, 0.25) is 0 Å². The van der Waals surface area contributed by atoms with Gasteiger partial charge < -0.3 is 19.1 Å². The molecule has 4 rings (SSSR count). The minimum absolute atomic E-state index is 0.225. The molecule has 0 unspecified atom stereocenters. The normalized spacial score (nSPS) is 12.4. The van der Waals surface area contributed by atoms with Crippen LogP contribution in [0.1, 0.15) is 35.0 Å². The molecule has 1 N–H and O–H groups in total. The van der Waals surface area contributed by atoms with Crippen LogP contribution >= 0.6 is 11.6 Å². The summed E-state index contributed by atoms with van der Waals surface area (Å²) in [6.45, 7) is 3.34. The second kappa shape index (κ2) is 10.2. The summed E-state index contributed by atoms with van der Waals surface area (Å²) >= 11 is 5.95. The average Bonchev–Trinajstić information content (AvgIpc) is 3.12. The summed E-state index contributed by atoms with van der Waals surface area (Å²) in [6, 6.07) is 16.5. The second-order valence-corrected chi connectivity index (χ2v) is 8.65. The third-order valence-corrected chi connectivity index (χ3v) is 6.00. The maximum atomic E-state index is 13.5. The van der Waals surface area contributed by atoms with Crippen LogP contribution in [0.3, 0.4) is 0 Å². The van der Waals surface area contributed by atoms with Crippen LogP contribution < -0.4 is 9.47 Å². The van der Waals surface area contributed by atoms with Crippen LogP contribution in [0.15, 0.2) is 66.7 Å². The van der Waals surface area contributed by atoms with E-state index < -0.39 is 24.2 Å². The van der Waals surface area contributed by atoms with Gasteiger partial charge in [0.05, 0.1) is 11.1 Å². The van der Waals surface area contributed by atoms with E-state index in [1.807, 2.05) is 0 Å². The Morgan fingerprint density at radius 1 is 1.03 bits per heavy atom. The van der Waals surface area contributed by atoms with E-state index in [1.165, 1.54) is 12.1 Å². The van der Waals surface area contributed by atoms with Crippen molar-refractivity contribution in [3.8, 4) is 17.2 Å². The predicted octanol–water partition coefficient (Wildman–Crippen LogP) is 6.96. The molecule has 0 saturated carbocycles. The number of hydrogen-bond donors (Lipinski definition) is 1. The molecular weight excluding hydrogens is 511 g/mol. The van der Waals surface area contributed by atoms with Crippen molar-refractivity contribution in [3.05, 3.63) is 88.6 Å². The lowest BCUT2D eigenvalue weighted by molar-refractivity contribution is -0.274. The van der Waals surface area contributed by atoms with E-state index in [0.717, 1.165) is 6.07 Å². The highest BCUT2D eigenvalue weighted by atomic mass is 35.5. The van der Waals surface area contributed by atoms with E-state index in [1.54, 1.807) is 66.9 Å². The molecule has 0 saturated heterocycles. The average molecular weight is 532 g/mol. The molecule has 10 heteroatoms. The monoisotopic (exact) mass is 531 g/mol. The Labute approximate surface area is 214 Å². The van der Waals surface area contributed by atoms with Crippen molar-refractivity contribution in [2.75, 3.05) is 0 Å². The zero-order valence-electron chi connectivity index (χ0n) is 19.7. The Kier molecular flexibility index (Phi) is 7.18. The number of carboxylic acids is 1. The van der Waals surface area contributed by atoms with Crippen molar-refractivity contribution in [3.63, 3.8) is 0 Å². The fourth-order valence-electron chi connectivity index (χ4n) is 4.13. The van der Waals surface area contributed by atoms with Crippen LogP contribution in [0, 0.1) is 6.92 Å². The zero-order valence-corrected chi connectivity index (χ0v) is 20.4. The number of nitrogens with zero attached hydrogens (tertiary/aromatic N) is 1. The Morgan fingerprint density at radius 3 is 2.35 bits per heavy atom. The molecule has 0 bridgehead atoms. The highest BCUT2D eigenvalue weighted by molar-refractivity contribution is 6.30. The minimum Gasteiger partial charge on any atom is -0.479 e. The van der Waals surface area contributed by atoms with Gasteiger partial charge in [0.1, 0.15) is 11.5 Å². The first-order chi connectivity index (χ1) is 17.5. The van der Waals surface area contributed by atoms with Crippen molar-refractivity contribution >= 4 is 34.3 Å². The SMILES string of the molecule is CC[C@@H](Oc1cccc(-n2c(C)c(C(=O)c3ccc(Cl)cc3)c3ccc(OC(F)(F)F)cc32)c1)C(=O)O. The molecule has 6 nitrogen and oxygen atoms in total. The number of halogens is 4. The summed E-state index contributed by atoms with van der Waals surface area (Å²) in [5.41, 5.74) is 1.85. The quantitative estimate of drug-likeness (QED) is 0.249. The fourth-order valence-corrected chi connectivity index (χ4v) is 4.25. The maximum Gasteiger partial charge on any atom is 0.573 e. The molecule has 0 amide bonds. The minimum atomic E-state index is -4.90. The number of alkyl halides is 3. The summed E-state index contributed by atoms with van der Waals surface area (Å²) in [7, 11) is 0. The van der Waals surface area contributed by atoms with Gasteiger partial charge in [-0.25, -0.2) is 4.79 Å². The molecule has 0 aliphatic rings. The third kappa shape index (κ3) is 5.56. The molecular formula is C27H21ClF3NO5. The molecule has 1 heterocycles. The Hall–Kier alpha value is -3.98. The van der Waals surface area contributed by atoms with Gasteiger partial charge in [-0.05, 0) is 61.9 Å². The van der Waals surface area contributed by atoms with Gasteiger partial charge in [-0.15, -0.1) is 13.2 Å². The van der Waals surface area contributed by atoms with Crippen molar-refractivity contribution in [1.29, 1.82) is 0 Å². The predicted molar refractivity (Wildman–Crippen MR) is 132 cm³/mol. The second-order valence-electron chi connectivity index (χ2n) is 8.21. The smallest absolute Gasteiger partial charge is 0.479 e. The number of carbonyl (C=O) groups is 2. The number of rotatable bonds is 8. The molecule has 1 aromatic heterocycles. The molecule has 3 aromatic carbocycles. The lowest BCUT2D eigenvalue weighted by Crippen LogP contribution is -2.25. The number of carboxylic acid groups (broad SMARTS) is 1. The standard InChI is InChI=1S/C27H21ClF3NO5/c1-3-23(26(34)35)36-19-6-4-5-18(13-19)32-15(2)24(25(33)16-7-9-17(28)10-8-16)21-12-11-20(14-22(21)32)37-27(29,30)31/h4-14,23H,3H2,1-2H3,(H,34,35)/t23-/m1/s1. The van der Waals surface area contributed by atoms with Crippen molar-refractivity contribution in [2.45, 2.75) is 32.7 Å². The number of carbonyl (C=O) groups excluding carboxylic acids is 1. The fraction of sp³-hybridized carbons (Fsp3) is 0.185. The number of ketones is 1. The lowest BCUT2D eigenvalue weighted by atomic mass is 10.0. The van der Waals surface area contributed by atoms with E-state index in [2.05, 4.69) is 4.74 Å². The Morgan fingerprint density at radius 2 is 1.73 bits per heavy atom. The molecule has 0 fully saturated rings. The van der Waals surface area contributed by atoms with Gasteiger partial charge in [-0.3, -0.25) is 4.79 Å². The van der Waals surface area contributed by atoms with Crippen LogP contribution in [0.2, 0.25) is 5.02 Å². The molecule has 0 aliphatic carbocycles. The number of aromatic nitrogens is 1. The molecule has 37 heavy (non-hydrogen) atoms. The van der Waals surface area contributed by atoms with Crippen LogP contribution in [-0.4, -0.2) is 33.9 Å². The van der Waals surface area contributed by atoms with E-state index in [-0.39, 0.29) is 18.0 Å². The van der Waals surface area contributed by atoms with Crippen molar-refractivity contribution in [2.24, 2.45) is 0 Å². The van der Waals surface area contributed by atoms with E-state index >= 15 is 0 Å². The highest BCUT2D eigenvalue weighted by Crippen LogP contribution is 2.35. The van der Waals surface area contributed by atoms with Crippen LogP contribution in [0.5, 0.6) is 11.5 Å². The first-order valence-electron chi connectivity index (χ1n) is 11.2. The van der Waals surface area contributed by atoms with E-state index in [0.29, 0.717) is 38.4 Å². The number of hydrogen-bond acceptors (Lipinski definition) is 4. The molecule has 4 aromatic rings. The number of fused-ring (bicyclic) bond motifs is 1. The molecule has 0 radical (unpaired) electrons. The summed E-state index contributed by atoms with van der Waals surface area (Å²) < 4.78 is 50.2. The van der Waals surface area contributed by atoms with Gasteiger partial charge >= 0.3 is 12.3 Å². The summed E-state index contributed by atoms with van der Waals surface area (Å²) in [5.74, 6) is -1.66.